The van der Waals surface area contributed by atoms with Gasteiger partial charge in [0, 0.05) is 34.6 Å². The molecule has 4 aromatic rings. The number of carbonyl (C=O) groups is 2. The van der Waals surface area contributed by atoms with Crippen LogP contribution >= 0.6 is 11.6 Å². The van der Waals surface area contributed by atoms with E-state index in [0.29, 0.717) is 27.4 Å². The van der Waals surface area contributed by atoms with Gasteiger partial charge in [-0.2, -0.15) is 5.26 Å². The molecule has 0 aliphatic rings. The molecule has 0 aliphatic heterocycles. The minimum absolute atomic E-state index is 0.0538. The molecule has 0 aliphatic carbocycles. The SMILES string of the molecule is CCC[C@H](c1ccc(C(=O)NCCC(=O)O)cc1)[C@@H](Oc1ccnc2cc(C#N)ccc12)c1ccc(Cl)cc1. The third-order valence-electron chi connectivity index (χ3n) is 6.47. The smallest absolute Gasteiger partial charge is 0.305 e. The summed E-state index contributed by atoms with van der Waals surface area (Å²) in [5, 5.41) is 22.2. The molecule has 0 fully saturated rings. The number of carbonyl (C=O) groups excluding carboxylic acids is 1. The van der Waals surface area contributed by atoms with E-state index in [9.17, 15) is 14.9 Å². The predicted molar refractivity (Wildman–Crippen MR) is 150 cm³/mol. The van der Waals surface area contributed by atoms with Crippen molar-refractivity contribution in [3.05, 3.63) is 106 Å². The summed E-state index contributed by atoms with van der Waals surface area (Å²) in [6, 6.07) is 24.2. The second-order valence-electron chi connectivity index (χ2n) is 9.16. The first kappa shape index (κ1) is 27.6. The van der Waals surface area contributed by atoms with E-state index in [2.05, 4.69) is 23.3 Å². The summed E-state index contributed by atoms with van der Waals surface area (Å²) in [5.74, 6) is -0.684. The highest BCUT2D eigenvalue weighted by Gasteiger charge is 2.27. The topological polar surface area (TPSA) is 112 Å². The average Bonchev–Trinajstić information content (AvgIpc) is 2.95. The zero-order chi connectivity index (χ0) is 27.8. The molecule has 0 unspecified atom stereocenters. The first-order chi connectivity index (χ1) is 18.9. The number of carboxylic acids is 1. The number of nitriles is 1. The third-order valence-corrected chi connectivity index (χ3v) is 6.73. The predicted octanol–water partition coefficient (Wildman–Crippen LogP) is 6.67. The van der Waals surface area contributed by atoms with Crippen LogP contribution in [0.4, 0.5) is 0 Å². The van der Waals surface area contributed by atoms with Crippen LogP contribution in [0.15, 0.2) is 79.0 Å². The second-order valence-corrected chi connectivity index (χ2v) is 9.60. The van der Waals surface area contributed by atoms with Crippen LogP contribution in [0.2, 0.25) is 5.02 Å². The highest BCUT2D eigenvalue weighted by Crippen LogP contribution is 2.40. The minimum atomic E-state index is -0.964. The molecule has 198 valence electrons. The van der Waals surface area contributed by atoms with Crippen molar-refractivity contribution in [3.63, 3.8) is 0 Å². The summed E-state index contributed by atoms with van der Waals surface area (Å²) < 4.78 is 6.75. The van der Waals surface area contributed by atoms with Crippen molar-refractivity contribution >= 4 is 34.4 Å². The Morgan fingerprint density at radius 3 is 2.44 bits per heavy atom. The van der Waals surface area contributed by atoms with Gasteiger partial charge in [-0.15, -0.1) is 0 Å². The first-order valence-corrected chi connectivity index (χ1v) is 13.1. The molecule has 3 aromatic carbocycles. The number of amides is 1. The van der Waals surface area contributed by atoms with Crippen molar-refractivity contribution in [2.45, 2.75) is 38.2 Å². The molecular formula is C31H28ClN3O4. The van der Waals surface area contributed by atoms with E-state index < -0.39 is 5.97 Å². The number of carboxylic acid groups (broad SMARTS) is 1. The number of pyridine rings is 1. The van der Waals surface area contributed by atoms with Gasteiger partial charge in [0.2, 0.25) is 0 Å². The fraction of sp³-hybridized carbons (Fsp3) is 0.226. The van der Waals surface area contributed by atoms with Crippen LogP contribution in [0.1, 0.15) is 65.3 Å². The summed E-state index contributed by atoms with van der Waals surface area (Å²) in [6.45, 7) is 2.18. The molecule has 1 aromatic heterocycles. The van der Waals surface area contributed by atoms with Crippen LogP contribution in [0.25, 0.3) is 10.9 Å². The van der Waals surface area contributed by atoms with Gasteiger partial charge in [-0.05, 0) is 66.1 Å². The lowest BCUT2D eigenvalue weighted by molar-refractivity contribution is -0.136. The van der Waals surface area contributed by atoms with E-state index in [1.54, 1.807) is 30.5 Å². The molecule has 39 heavy (non-hydrogen) atoms. The lowest BCUT2D eigenvalue weighted by Gasteiger charge is -2.29. The Morgan fingerprint density at radius 2 is 1.77 bits per heavy atom. The molecule has 2 N–H and O–H groups in total. The Balaban J connectivity index is 1.69. The van der Waals surface area contributed by atoms with Gasteiger partial charge in [0.15, 0.2) is 0 Å². The highest BCUT2D eigenvalue weighted by atomic mass is 35.5. The quantitative estimate of drug-likeness (QED) is 0.219. The number of benzene rings is 3. The number of nitrogens with one attached hydrogen (secondary N) is 1. The number of ether oxygens (including phenoxy) is 1. The molecular weight excluding hydrogens is 514 g/mol. The lowest BCUT2D eigenvalue weighted by Crippen LogP contribution is -2.26. The van der Waals surface area contributed by atoms with Crippen LogP contribution in [0.5, 0.6) is 5.75 Å². The largest absolute Gasteiger partial charge is 0.484 e. The van der Waals surface area contributed by atoms with E-state index in [1.165, 1.54) is 0 Å². The van der Waals surface area contributed by atoms with Crippen molar-refractivity contribution in [1.29, 1.82) is 5.26 Å². The van der Waals surface area contributed by atoms with Gasteiger partial charge in [-0.1, -0.05) is 49.2 Å². The molecule has 0 saturated carbocycles. The summed E-state index contributed by atoms with van der Waals surface area (Å²) in [4.78, 5) is 27.6. The zero-order valence-electron chi connectivity index (χ0n) is 21.4. The molecule has 0 radical (unpaired) electrons. The van der Waals surface area contributed by atoms with E-state index in [4.69, 9.17) is 21.4 Å². The van der Waals surface area contributed by atoms with Gasteiger partial charge in [-0.25, -0.2) is 0 Å². The average molecular weight is 542 g/mol. The van der Waals surface area contributed by atoms with Gasteiger partial charge >= 0.3 is 5.97 Å². The summed E-state index contributed by atoms with van der Waals surface area (Å²) in [6.07, 6.45) is 2.88. The number of aromatic nitrogens is 1. The normalized spacial score (nSPS) is 12.3. The number of hydrogen-bond acceptors (Lipinski definition) is 5. The Bertz CT molecular complexity index is 1500. The highest BCUT2D eigenvalue weighted by molar-refractivity contribution is 6.30. The fourth-order valence-corrected chi connectivity index (χ4v) is 4.66. The number of fused-ring (bicyclic) bond motifs is 1. The molecule has 1 amide bonds. The van der Waals surface area contributed by atoms with Crippen molar-refractivity contribution in [3.8, 4) is 11.8 Å². The Hall–Kier alpha value is -4.41. The zero-order valence-corrected chi connectivity index (χ0v) is 22.2. The molecule has 2 atom stereocenters. The number of nitrogens with zero attached hydrogens (tertiary/aromatic N) is 2. The summed E-state index contributed by atoms with van der Waals surface area (Å²) in [5.41, 5.74) is 3.61. The Labute approximate surface area is 232 Å². The number of hydrogen-bond donors (Lipinski definition) is 2. The van der Waals surface area contributed by atoms with Gasteiger partial charge < -0.3 is 15.2 Å². The van der Waals surface area contributed by atoms with Crippen LogP contribution in [-0.4, -0.2) is 28.5 Å². The van der Waals surface area contributed by atoms with Crippen LogP contribution in [0.3, 0.4) is 0 Å². The van der Waals surface area contributed by atoms with Crippen molar-refractivity contribution in [2.75, 3.05) is 6.54 Å². The maximum atomic E-state index is 12.5. The van der Waals surface area contributed by atoms with Gasteiger partial charge in [0.1, 0.15) is 11.9 Å². The van der Waals surface area contributed by atoms with Crippen molar-refractivity contribution in [1.82, 2.24) is 10.3 Å². The molecule has 0 bridgehead atoms. The van der Waals surface area contributed by atoms with E-state index in [-0.39, 0.29) is 30.9 Å². The number of rotatable bonds is 11. The number of halogens is 1. The molecule has 4 rings (SSSR count). The van der Waals surface area contributed by atoms with Gasteiger partial charge in [0.05, 0.1) is 23.6 Å². The molecule has 1 heterocycles. The van der Waals surface area contributed by atoms with Crippen molar-refractivity contribution < 1.29 is 19.4 Å². The Morgan fingerprint density at radius 1 is 1.05 bits per heavy atom. The fourth-order valence-electron chi connectivity index (χ4n) is 4.54. The molecule has 0 spiro atoms. The van der Waals surface area contributed by atoms with Crippen LogP contribution < -0.4 is 10.1 Å². The van der Waals surface area contributed by atoms with Crippen LogP contribution in [-0.2, 0) is 4.79 Å². The molecule has 7 nitrogen and oxygen atoms in total. The maximum Gasteiger partial charge on any atom is 0.305 e. The molecule has 8 heteroatoms. The van der Waals surface area contributed by atoms with Gasteiger partial charge in [0.25, 0.3) is 5.91 Å². The first-order valence-electron chi connectivity index (χ1n) is 12.7. The maximum absolute atomic E-state index is 12.5. The third kappa shape index (κ3) is 6.92. The number of aliphatic carboxylic acids is 1. The van der Waals surface area contributed by atoms with E-state index in [1.807, 2.05) is 48.5 Å². The molecule has 0 saturated heterocycles. The minimum Gasteiger partial charge on any atom is -0.484 e. The van der Waals surface area contributed by atoms with Crippen LogP contribution in [0, 0.1) is 11.3 Å². The lowest BCUT2D eigenvalue weighted by atomic mass is 9.85. The van der Waals surface area contributed by atoms with Crippen molar-refractivity contribution in [2.24, 2.45) is 0 Å². The summed E-state index contributed by atoms with van der Waals surface area (Å²) >= 11 is 6.20. The summed E-state index contributed by atoms with van der Waals surface area (Å²) in [7, 11) is 0. The standard InChI is InChI=1S/C31H28ClN3O4/c1-2-3-25(21-5-7-23(8-6-21)31(38)35-17-15-29(36)37)30(22-9-11-24(32)12-10-22)39-28-14-16-34-27-18-20(19-33)4-13-26(27)28/h4-14,16,18,25,30H,2-3,15,17H2,1H3,(H,35,38)(H,36,37)/t25-,30+/m1/s1. The second kappa shape index (κ2) is 12.9. The van der Waals surface area contributed by atoms with Gasteiger partial charge in [-0.3, -0.25) is 14.6 Å². The Kier molecular flexibility index (Phi) is 9.14. The van der Waals surface area contributed by atoms with E-state index in [0.717, 1.165) is 29.4 Å². The van der Waals surface area contributed by atoms with E-state index >= 15 is 0 Å². The monoisotopic (exact) mass is 541 g/mol.